The number of fused-ring (bicyclic) bond motifs is 2. The van der Waals surface area contributed by atoms with Crippen molar-refractivity contribution >= 4 is 0 Å². The van der Waals surface area contributed by atoms with Gasteiger partial charge in [0.15, 0.2) is 0 Å². The lowest BCUT2D eigenvalue weighted by atomic mass is 9.60. The van der Waals surface area contributed by atoms with Crippen LogP contribution in [0.5, 0.6) is 0 Å². The zero-order chi connectivity index (χ0) is 11.3. The van der Waals surface area contributed by atoms with Crippen LogP contribution in [0.3, 0.4) is 0 Å². The quantitative estimate of drug-likeness (QED) is 0.563. The van der Waals surface area contributed by atoms with Crippen molar-refractivity contribution in [2.75, 3.05) is 6.61 Å². The molecular formula is C15H22O. The van der Waals surface area contributed by atoms with E-state index in [2.05, 4.69) is 26.5 Å². The van der Waals surface area contributed by atoms with Gasteiger partial charge >= 0.3 is 0 Å². The maximum Gasteiger partial charge on any atom is 0.0688 e. The summed E-state index contributed by atoms with van der Waals surface area (Å²) in [5.41, 5.74) is 3.41. The third-order valence-electron chi connectivity index (χ3n) is 4.96. The van der Waals surface area contributed by atoms with E-state index in [0.717, 1.165) is 12.5 Å². The van der Waals surface area contributed by atoms with Crippen molar-refractivity contribution in [2.45, 2.75) is 45.6 Å². The van der Waals surface area contributed by atoms with Gasteiger partial charge in [0.1, 0.15) is 0 Å². The first-order valence-corrected chi connectivity index (χ1v) is 6.62. The Hall–Kier alpha value is -0.560. The second kappa shape index (κ2) is 3.46. The van der Waals surface area contributed by atoms with Crippen molar-refractivity contribution in [1.82, 2.24) is 0 Å². The van der Waals surface area contributed by atoms with E-state index in [1.54, 1.807) is 5.57 Å². The lowest BCUT2D eigenvalue weighted by Gasteiger charge is -2.46. The smallest absolute Gasteiger partial charge is 0.0688 e. The second-order valence-electron chi connectivity index (χ2n) is 6.21. The predicted molar refractivity (Wildman–Crippen MR) is 66.2 cm³/mol. The Morgan fingerprint density at radius 2 is 2.31 bits per heavy atom. The molecule has 1 heteroatoms. The number of rotatable bonds is 0. The van der Waals surface area contributed by atoms with Crippen LogP contribution in [0.15, 0.2) is 23.8 Å². The Bertz CT molecular complexity index is 354. The first kappa shape index (κ1) is 10.6. The molecule has 2 aliphatic carbocycles. The molecule has 4 unspecified atom stereocenters. The highest BCUT2D eigenvalue weighted by Gasteiger charge is 2.45. The van der Waals surface area contributed by atoms with E-state index in [1.165, 1.54) is 31.3 Å². The fourth-order valence-electron chi connectivity index (χ4n) is 4.00. The molecule has 16 heavy (non-hydrogen) atoms. The highest BCUT2D eigenvalue weighted by Crippen LogP contribution is 2.53. The zero-order valence-corrected chi connectivity index (χ0v) is 10.5. The van der Waals surface area contributed by atoms with Gasteiger partial charge in [-0.3, -0.25) is 0 Å². The predicted octanol–water partition coefficient (Wildman–Crippen LogP) is 3.71. The summed E-state index contributed by atoms with van der Waals surface area (Å²) in [6, 6.07) is 0. The summed E-state index contributed by atoms with van der Waals surface area (Å²) in [7, 11) is 0. The molecule has 0 aromatic heterocycles. The van der Waals surface area contributed by atoms with E-state index in [4.69, 9.17) is 4.74 Å². The van der Waals surface area contributed by atoms with Crippen molar-refractivity contribution in [3.05, 3.63) is 23.8 Å². The van der Waals surface area contributed by atoms with Gasteiger partial charge in [-0.1, -0.05) is 38.5 Å². The number of hydrogen-bond acceptors (Lipinski definition) is 1. The molecule has 1 heterocycles. The highest BCUT2D eigenvalue weighted by atomic mass is 16.5. The first-order chi connectivity index (χ1) is 7.60. The van der Waals surface area contributed by atoms with Gasteiger partial charge in [-0.25, -0.2) is 0 Å². The normalized spacial score (nSPS) is 47.2. The minimum Gasteiger partial charge on any atom is -0.373 e. The molecule has 0 bridgehead atoms. The van der Waals surface area contributed by atoms with Gasteiger partial charge in [0.25, 0.3) is 0 Å². The summed E-state index contributed by atoms with van der Waals surface area (Å²) < 4.78 is 5.87. The van der Waals surface area contributed by atoms with Gasteiger partial charge in [0.05, 0.1) is 12.7 Å². The van der Waals surface area contributed by atoms with Crippen LogP contribution in [0.2, 0.25) is 0 Å². The Labute approximate surface area is 98.6 Å². The fourth-order valence-corrected chi connectivity index (χ4v) is 4.00. The average Bonchev–Trinajstić information content (AvgIpc) is 2.57. The molecule has 0 aromatic carbocycles. The molecule has 0 spiro atoms. The third kappa shape index (κ3) is 1.41. The van der Waals surface area contributed by atoms with E-state index in [-0.39, 0.29) is 0 Å². The Balaban J connectivity index is 1.99. The van der Waals surface area contributed by atoms with Crippen molar-refractivity contribution < 1.29 is 4.74 Å². The lowest BCUT2D eigenvalue weighted by Crippen LogP contribution is -2.38. The molecule has 0 radical (unpaired) electrons. The van der Waals surface area contributed by atoms with Crippen LogP contribution in [-0.4, -0.2) is 12.7 Å². The second-order valence-corrected chi connectivity index (χ2v) is 6.21. The van der Waals surface area contributed by atoms with Gasteiger partial charge in [0.2, 0.25) is 0 Å². The fraction of sp³-hybridized carbons (Fsp3) is 0.733. The van der Waals surface area contributed by atoms with Gasteiger partial charge in [0, 0.05) is 5.92 Å². The summed E-state index contributed by atoms with van der Waals surface area (Å²) in [5.74, 6) is 1.29. The average molecular weight is 218 g/mol. The standard InChI is InChI=1S/C15H22O/c1-10-5-4-6-15(3)8-14-12(7-13(10)15)11(2)9-16-14/h7,10,12,14H,2,4-6,8-9H2,1,3H3. The van der Waals surface area contributed by atoms with Gasteiger partial charge < -0.3 is 4.74 Å². The maximum absolute atomic E-state index is 5.87. The molecule has 0 N–H and O–H groups in total. The van der Waals surface area contributed by atoms with Gasteiger partial charge in [-0.05, 0) is 36.2 Å². The van der Waals surface area contributed by atoms with E-state index >= 15 is 0 Å². The Kier molecular flexibility index (Phi) is 2.29. The van der Waals surface area contributed by atoms with Crippen LogP contribution >= 0.6 is 0 Å². The zero-order valence-electron chi connectivity index (χ0n) is 10.5. The number of allylic oxidation sites excluding steroid dienone is 1. The van der Waals surface area contributed by atoms with E-state index in [1.807, 2.05) is 0 Å². The van der Waals surface area contributed by atoms with Gasteiger partial charge in [-0.2, -0.15) is 0 Å². The number of ether oxygens (including phenoxy) is 1. The molecule has 0 aromatic rings. The molecule has 1 aliphatic heterocycles. The molecule has 4 atom stereocenters. The summed E-state index contributed by atoms with van der Waals surface area (Å²) in [6.45, 7) is 9.77. The Morgan fingerprint density at radius 1 is 1.50 bits per heavy atom. The molecule has 3 rings (SSSR count). The molecule has 1 saturated heterocycles. The molecule has 1 nitrogen and oxygen atoms in total. The van der Waals surface area contributed by atoms with E-state index in [0.29, 0.717) is 17.4 Å². The SMILES string of the molecule is C=C1COC2CC3(C)CCCC(C)C3=CC12. The molecule has 1 saturated carbocycles. The minimum atomic E-state index is 0.420. The van der Waals surface area contributed by atoms with Crippen molar-refractivity contribution in [2.24, 2.45) is 17.3 Å². The van der Waals surface area contributed by atoms with Crippen molar-refractivity contribution in [1.29, 1.82) is 0 Å². The molecule has 2 fully saturated rings. The summed E-state index contributed by atoms with van der Waals surface area (Å²) in [5, 5.41) is 0. The topological polar surface area (TPSA) is 9.23 Å². The lowest BCUT2D eigenvalue weighted by molar-refractivity contribution is 0.0441. The number of hydrogen-bond donors (Lipinski definition) is 0. The minimum absolute atomic E-state index is 0.420. The van der Waals surface area contributed by atoms with Crippen LogP contribution in [0, 0.1) is 17.3 Å². The summed E-state index contributed by atoms with van der Waals surface area (Å²) >= 11 is 0. The molecule has 3 aliphatic rings. The summed E-state index contributed by atoms with van der Waals surface area (Å²) in [4.78, 5) is 0. The van der Waals surface area contributed by atoms with Crippen LogP contribution < -0.4 is 0 Å². The van der Waals surface area contributed by atoms with Crippen molar-refractivity contribution in [3.8, 4) is 0 Å². The van der Waals surface area contributed by atoms with Crippen LogP contribution in [0.25, 0.3) is 0 Å². The third-order valence-corrected chi connectivity index (χ3v) is 4.96. The molecule has 88 valence electrons. The van der Waals surface area contributed by atoms with Crippen molar-refractivity contribution in [3.63, 3.8) is 0 Å². The van der Waals surface area contributed by atoms with Crippen LogP contribution in [-0.2, 0) is 4.74 Å². The molecular weight excluding hydrogens is 196 g/mol. The highest BCUT2D eigenvalue weighted by molar-refractivity contribution is 5.30. The Morgan fingerprint density at radius 3 is 3.12 bits per heavy atom. The maximum atomic E-state index is 5.87. The van der Waals surface area contributed by atoms with Crippen LogP contribution in [0.1, 0.15) is 39.5 Å². The largest absolute Gasteiger partial charge is 0.373 e. The summed E-state index contributed by atoms with van der Waals surface area (Å²) in [6.07, 6.45) is 8.24. The first-order valence-electron chi connectivity index (χ1n) is 6.62. The van der Waals surface area contributed by atoms with Crippen LogP contribution in [0.4, 0.5) is 0 Å². The van der Waals surface area contributed by atoms with Gasteiger partial charge in [-0.15, -0.1) is 0 Å². The monoisotopic (exact) mass is 218 g/mol. The molecule has 0 amide bonds. The van der Waals surface area contributed by atoms with E-state index in [9.17, 15) is 0 Å². The van der Waals surface area contributed by atoms with E-state index < -0.39 is 0 Å².